The van der Waals surface area contributed by atoms with Crippen molar-refractivity contribution in [1.82, 2.24) is 9.88 Å². The average molecular weight is 372 g/mol. The van der Waals surface area contributed by atoms with Gasteiger partial charge in [0.05, 0.1) is 11.5 Å². The molecule has 2 rings (SSSR count). The van der Waals surface area contributed by atoms with Crippen LogP contribution in [-0.2, 0) is 0 Å². The summed E-state index contributed by atoms with van der Waals surface area (Å²) in [6.45, 7) is 5.91. The first kappa shape index (κ1) is 17.1. The van der Waals surface area contributed by atoms with Crippen LogP contribution in [0.4, 0.5) is 5.69 Å². The van der Waals surface area contributed by atoms with Crippen LogP contribution in [0.15, 0.2) is 16.7 Å². The first-order valence-corrected chi connectivity index (χ1v) is 8.47. The second-order valence-corrected chi connectivity index (χ2v) is 6.72. The minimum absolute atomic E-state index is 0.0907. The van der Waals surface area contributed by atoms with Gasteiger partial charge in [0.2, 0.25) is 0 Å². The molecule has 0 saturated carbocycles. The minimum Gasteiger partial charge on any atom is -0.473 e. The van der Waals surface area contributed by atoms with Crippen LogP contribution in [0.25, 0.3) is 0 Å². The highest BCUT2D eigenvalue weighted by Crippen LogP contribution is 2.27. The molecule has 0 amide bonds. The molecule has 0 aromatic carbocycles. The summed E-state index contributed by atoms with van der Waals surface area (Å²) in [5.74, 6) is 0.0907. The fraction of sp³-hybridized carbons (Fsp3) is 0.667. The molecule has 22 heavy (non-hydrogen) atoms. The molecule has 7 heteroatoms. The van der Waals surface area contributed by atoms with Crippen molar-refractivity contribution in [3.63, 3.8) is 0 Å². The Morgan fingerprint density at radius 2 is 2.14 bits per heavy atom. The quantitative estimate of drug-likeness (QED) is 0.432. The van der Waals surface area contributed by atoms with Crippen molar-refractivity contribution in [3.05, 3.63) is 26.9 Å². The Morgan fingerprint density at radius 3 is 2.77 bits per heavy atom. The van der Waals surface area contributed by atoms with Crippen LogP contribution in [0.1, 0.15) is 39.5 Å². The van der Waals surface area contributed by atoms with Crippen molar-refractivity contribution in [2.75, 3.05) is 13.2 Å². The number of hydrogen-bond acceptors (Lipinski definition) is 5. The van der Waals surface area contributed by atoms with E-state index < -0.39 is 4.92 Å². The van der Waals surface area contributed by atoms with E-state index in [0.717, 1.165) is 13.0 Å². The zero-order valence-electron chi connectivity index (χ0n) is 13.0. The molecule has 1 aliphatic rings. The van der Waals surface area contributed by atoms with Gasteiger partial charge in [-0.15, -0.1) is 0 Å². The zero-order chi connectivity index (χ0) is 16.1. The van der Waals surface area contributed by atoms with E-state index in [4.69, 9.17) is 4.74 Å². The third-order valence-corrected chi connectivity index (χ3v) is 4.60. The second-order valence-electron chi connectivity index (χ2n) is 5.80. The Balaban J connectivity index is 1.85. The van der Waals surface area contributed by atoms with Crippen LogP contribution in [0.2, 0.25) is 0 Å². The van der Waals surface area contributed by atoms with E-state index in [1.807, 2.05) is 0 Å². The predicted octanol–water partition coefficient (Wildman–Crippen LogP) is 3.78. The first-order chi connectivity index (χ1) is 10.5. The summed E-state index contributed by atoms with van der Waals surface area (Å²) >= 11 is 3.18. The van der Waals surface area contributed by atoms with Crippen LogP contribution < -0.4 is 4.74 Å². The van der Waals surface area contributed by atoms with Crippen molar-refractivity contribution < 1.29 is 9.66 Å². The first-order valence-electron chi connectivity index (χ1n) is 7.67. The Labute approximate surface area is 139 Å². The van der Waals surface area contributed by atoms with Crippen molar-refractivity contribution in [2.24, 2.45) is 0 Å². The monoisotopic (exact) mass is 371 g/mol. The molecule has 0 N–H and O–H groups in total. The smallest absolute Gasteiger partial charge is 0.332 e. The van der Waals surface area contributed by atoms with E-state index in [9.17, 15) is 10.1 Å². The minimum atomic E-state index is -0.470. The fourth-order valence-electron chi connectivity index (χ4n) is 2.99. The number of rotatable bonds is 6. The molecule has 1 aromatic heterocycles. The van der Waals surface area contributed by atoms with Gasteiger partial charge in [-0.1, -0.05) is 6.42 Å². The van der Waals surface area contributed by atoms with Gasteiger partial charge in [0, 0.05) is 35.4 Å². The lowest BCUT2D eigenvalue weighted by atomic mass is 9.97. The third-order valence-electron chi connectivity index (χ3n) is 4.17. The highest BCUT2D eigenvalue weighted by molar-refractivity contribution is 9.10. The third kappa shape index (κ3) is 4.39. The molecule has 1 aliphatic heterocycles. The van der Waals surface area contributed by atoms with E-state index in [0.29, 0.717) is 23.2 Å². The topological polar surface area (TPSA) is 68.5 Å². The van der Waals surface area contributed by atoms with E-state index >= 15 is 0 Å². The van der Waals surface area contributed by atoms with E-state index in [2.05, 4.69) is 39.7 Å². The molecule has 1 aromatic rings. The highest BCUT2D eigenvalue weighted by atomic mass is 79.9. The molecule has 122 valence electrons. The molecular weight excluding hydrogens is 350 g/mol. The van der Waals surface area contributed by atoms with E-state index in [-0.39, 0.29) is 11.6 Å². The maximum atomic E-state index is 11.0. The molecule has 6 nitrogen and oxygen atoms in total. The van der Waals surface area contributed by atoms with Gasteiger partial charge in [0.25, 0.3) is 5.88 Å². The number of halogens is 1. The zero-order valence-corrected chi connectivity index (χ0v) is 14.6. The van der Waals surface area contributed by atoms with Crippen molar-refractivity contribution in [3.8, 4) is 5.88 Å². The molecular formula is C15H22BrN3O3. The molecule has 2 atom stereocenters. The standard InChI is InChI=1S/C15H22BrN3O3/c1-11-5-3-6-12(2)18(11)7-4-8-22-15-14(19(20)21)9-13(16)10-17-15/h9-12H,3-8H2,1-2H3. The molecule has 0 bridgehead atoms. The number of piperidine rings is 1. The van der Waals surface area contributed by atoms with Gasteiger partial charge in [-0.05, 0) is 49.0 Å². The van der Waals surface area contributed by atoms with Gasteiger partial charge in [0.1, 0.15) is 0 Å². The Hall–Kier alpha value is -1.21. The van der Waals surface area contributed by atoms with Crippen LogP contribution in [0.3, 0.4) is 0 Å². The highest BCUT2D eigenvalue weighted by Gasteiger charge is 2.24. The van der Waals surface area contributed by atoms with Gasteiger partial charge in [-0.2, -0.15) is 0 Å². The number of ether oxygens (including phenoxy) is 1. The largest absolute Gasteiger partial charge is 0.473 e. The molecule has 2 unspecified atom stereocenters. The molecule has 0 aliphatic carbocycles. The number of aromatic nitrogens is 1. The maximum absolute atomic E-state index is 11.0. The van der Waals surface area contributed by atoms with Crippen LogP contribution in [0, 0.1) is 10.1 Å². The van der Waals surface area contributed by atoms with Crippen molar-refractivity contribution >= 4 is 21.6 Å². The summed E-state index contributed by atoms with van der Waals surface area (Å²) < 4.78 is 6.09. The van der Waals surface area contributed by atoms with Crippen molar-refractivity contribution in [2.45, 2.75) is 51.6 Å². The van der Waals surface area contributed by atoms with Gasteiger partial charge >= 0.3 is 5.69 Å². The lowest BCUT2D eigenvalue weighted by molar-refractivity contribution is -0.386. The normalized spacial score (nSPS) is 22.5. The molecule has 0 radical (unpaired) electrons. The van der Waals surface area contributed by atoms with Crippen LogP contribution in [-0.4, -0.2) is 40.0 Å². The maximum Gasteiger partial charge on any atom is 0.332 e. The predicted molar refractivity (Wildman–Crippen MR) is 88.2 cm³/mol. The Morgan fingerprint density at radius 1 is 1.45 bits per heavy atom. The van der Waals surface area contributed by atoms with E-state index in [1.165, 1.54) is 31.5 Å². The van der Waals surface area contributed by atoms with Gasteiger partial charge < -0.3 is 4.74 Å². The molecule has 1 saturated heterocycles. The fourth-order valence-corrected chi connectivity index (χ4v) is 3.31. The number of likely N-dealkylation sites (tertiary alicyclic amines) is 1. The summed E-state index contributed by atoms with van der Waals surface area (Å²) in [4.78, 5) is 17.0. The molecule has 1 fully saturated rings. The Kier molecular flexibility index (Phi) is 6.14. The van der Waals surface area contributed by atoms with Crippen LogP contribution >= 0.6 is 15.9 Å². The molecule has 2 heterocycles. The lowest BCUT2D eigenvalue weighted by Crippen LogP contribution is -2.44. The SMILES string of the molecule is CC1CCCC(C)N1CCCOc1ncc(Br)cc1[N+](=O)[O-]. The van der Waals surface area contributed by atoms with Gasteiger partial charge in [0.15, 0.2) is 0 Å². The van der Waals surface area contributed by atoms with Crippen molar-refractivity contribution in [1.29, 1.82) is 0 Å². The summed E-state index contributed by atoms with van der Waals surface area (Å²) in [7, 11) is 0. The summed E-state index contributed by atoms with van der Waals surface area (Å²) in [6.07, 6.45) is 6.13. The summed E-state index contributed by atoms with van der Waals surface area (Å²) in [5, 5.41) is 11.0. The summed E-state index contributed by atoms with van der Waals surface area (Å²) in [5.41, 5.74) is -0.103. The molecule has 0 spiro atoms. The van der Waals surface area contributed by atoms with Gasteiger partial charge in [-0.25, -0.2) is 4.98 Å². The number of nitrogens with zero attached hydrogens (tertiary/aromatic N) is 3. The number of nitro groups is 1. The number of hydrogen-bond donors (Lipinski definition) is 0. The van der Waals surface area contributed by atoms with E-state index in [1.54, 1.807) is 0 Å². The van der Waals surface area contributed by atoms with Crippen LogP contribution in [0.5, 0.6) is 5.88 Å². The lowest BCUT2D eigenvalue weighted by Gasteiger charge is -2.39. The van der Waals surface area contributed by atoms with Gasteiger partial charge in [-0.3, -0.25) is 15.0 Å². The Bertz CT molecular complexity index is 517. The number of pyridine rings is 1. The second kappa shape index (κ2) is 7.87. The summed E-state index contributed by atoms with van der Waals surface area (Å²) in [6, 6.07) is 2.62. The average Bonchev–Trinajstić information content (AvgIpc) is 2.47.